The number of nitrogens with zero attached hydrogens (tertiary/aromatic N) is 5. The van der Waals surface area contributed by atoms with Gasteiger partial charge in [-0.2, -0.15) is 0 Å². The molecule has 0 amide bonds. The molecule has 6 nitrogen and oxygen atoms in total. The Morgan fingerprint density at radius 2 is 1.70 bits per heavy atom. The number of piperazine rings is 1. The Bertz CT molecular complexity index is 916. The van der Waals surface area contributed by atoms with Gasteiger partial charge in [0.1, 0.15) is 0 Å². The molecule has 0 spiro atoms. The molecule has 27 heavy (non-hydrogen) atoms. The maximum Gasteiger partial charge on any atom is 0.225 e. The molecule has 0 aliphatic carbocycles. The van der Waals surface area contributed by atoms with Crippen molar-refractivity contribution in [3.05, 3.63) is 66.5 Å². The summed E-state index contributed by atoms with van der Waals surface area (Å²) in [6.07, 6.45) is 3.58. The maximum absolute atomic E-state index is 4.47. The van der Waals surface area contributed by atoms with Gasteiger partial charge in [-0.1, -0.05) is 36.4 Å². The first kappa shape index (κ1) is 17.3. The van der Waals surface area contributed by atoms with Crippen LogP contribution in [0.5, 0.6) is 0 Å². The standard InChI is InChI=1S/C21H24N6/c1-22-20(25-16-17-7-8-18-5-2-3-6-19(18)15-17)26-11-13-27(14-12-26)21-23-9-4-10-24-21/h2-10,15H,11-14,16H2,1H3,(H,22,25). The Hall–Kier alpha value is -3.15. The fraction of sp³-hybridized carbons (Fsp3) is 0.286. The molecule has 3 aromatic rings. The van der Waals surface area contributed by atoms with E-state index in [0.717, 1.165) is 44.6 Å². The molecule has 1 aliphatic heterocycles. The lowest BCUT2D eigenvalue weighted by Gasteiger charge is -2.36. The third-order valence-corrected chi connectivity index (χ3v) is 4.89. The molecular weight excluding hydrogens is 336 g/mol. The smallest absolute Gasteiger partial charge is 0.225 e. The van der Waals surface area contributed by atoms with Crippen LogP contribution in [-0.4, -0.2) is 54.1 Å². The monoisotopic (exact) mass is 360 g/mol. The van der Waals surface area contributed by atoms with E-state index >= 15 is 0 Å². The minimum Gasteiger partial charge on any atom is -0.352 e. The summed E-state index contributed by atoms with van der Waals surface area (Å²) in [5, 5.41) is 6.04. The van der Waals surface area contributed by atoms with Gasteiger partial charge >= 0.3 is 0 Å². The summed E-state index contributed by atoms with van der Waals surface area (Å²) in [5.74, 6) is 1.74. The van der Waals surface area contributed by atoms with Gasteiger partial charge in [-0.05, 0) is 28.5 Å². The molecule has 6 heteroatoms. The Labute approximate surface area is 159 Å². The van der Waals surface area contributed by atoms with E-state index in [0.29, 0.717) is 0 Å². The average molecular weight is 360 g/mol. The second-order valence-corrected chi connectivity index (χ2v) is 6.61. The van der Waals surface area contributed by atoms with Crippen LogP contribution in [0.1, 0.15) is 5.56 Å². The highest BCUT2D eigenvalue weighted by Gasteiger charge is 2.20. The summed E-state index contributed by atoms with van der Waals surface area (Å²) in [7, 11) is 1.84. The Kier molecular flexibility index (Phi) is 5.14. The number of guanidine groups is 1. The quantitative estimate of drug-likeness (QED) is 0.575. The maximum atomic E-state index is 4.47. The summed E-state index contributed by atoms with van der Waals surface area (Å²) in [4.78, 5) is 17.7. The first-order valence-electron chi connectivity index (χ1n) is 9.29. The van der Waals surface area contributed by atoms with Gasteiger partial charge in [0.15, 0.2) is 5.96 Å². The first-order chi connectivity index (χ1) is 13.3. The van der Waals surface area contributed by atoms with Gasteiger partial charge < -0.3 is 15.1 Å². The normalized spacial score (nSPS) is 15.2. The molecule has 1 aromatic heterocycles. The zero-order valence-corrected chi connectivity index (χ0v) is 15.5. The lowest BCUT2D eigenvalue weighted by molar-refractivity contribution is 0.370. The van der Waals surface area contributed by atoms with Crippen molar-refractivity contribution in [2.24, 2.45) is 4.99 Å². The summed E-state index contributed by atoms with van der Waals surface area (Å²) in [6, 6.07) is 16.9. The largest absolute Gasteiger partial charge is 0.352 e. The average Bonchev–Trinajstić information content (AvgIpc) is 2.75. The Morgan fingerprint density at radius 1 is 0.963 bits per heavy atom. The number of anilines is 1. The molecule has 0 unspecified atom stereocenters. The van der Waals surface area contributed by atoms with E-state index in [2.05, 4.69) is 72.5 Å². The Morgan fingerprint density at radius 3 is 2.44 bits per heavy atom. The van der Waals surface area contributed by atoms with Crippen LogP contribution < -0.4 is 10.2 Å². The van der Waals surface area contributed by atoms with Crippen molar-refractivity contribution in [3.8, 4) is 0 Å². The van der Waals surface area contributed by atoms with Crippen LogP contribution in [-0.2, 0) is 6.54 Å². The number of nitrogens with one attached hydrogen (secondary N) is 1. The second kappa shape index (κ2) is 8.03. The van der Waals surface area contributed by atoms with Crippen molar-refractivity contribution < 1.29 is 0 Å². The highest BCUT2D eigenvalue weighted by molar-refractivity contribution is 5.83. The molecule has 1 N–H and O–H groups in total. The lowest BCUT2D eigenvalue weighted by atomic mass is 10.1. The summed E-state index contributed by atoms with van der Waals surface area (Å²) in [6.45, 7) is 4.34. The number of aliphatic imine (C=N–C) groups is 1. The van der Waals surface area contributed by atoms with E-state index in [4.69, 9.17) is 0 Å². The zero-order chi connectivity index (χ0) is 18.5. The lowest BCUT2D eigenvalue weighted by Crippen LogP contribution is -2.52. The topological polar surface area (TPSA) is 56.7 Å². The van der Waals surface area contributed by atoms with Crippen LogP contribution in [0, 0.1) is 0 Å². The van der Waals surface area contributed by atoms with Crippen molar-refractivity contribution in [1.82, 2.24) is 20.2 Å². The Balaban J connectivity index is 1.35. The van der Waals surface area contributed by atoms with E-state index < -0.39 is 0 Å². The summed E-state index contributed by atoms with van der Waals surface area (Å²) < 4.78 is 0. The highest BCUT2D eigenvalue weighted by Crippen LogP contribution is 2.16. The number of benzene rings is 2. The van der Waals surface area contributed by atoms with Gasteiger partial charge in [-0.3, -0.25) is 4.99 Å². The van der Waals surface area contributed by atoms with Gasteiger partial charge in [-0.25, -0.2) is 9.97 Å². The van der Waals surface area contributed by atoms with Gasteiger partial charge in [0.25, 0.3) is 0 Å². The number of hydrogen-bond acceptors (Lipinski definition) is 4. The van der Waals surface area contributed by atoms with Crippen LogP contribution in [0.25, 0.3) is 10.8 Å². The van der Waals surface area contributed by atoms with E-state index in [-0.39, 0.29) is 0 Å². The van der Waals surface area contributed by atoms with Crippen molar-refractivity contribution >= 4 is 22.7 Å². The van der Waals surface area contributed by atoms with Crippen LogP contribution in [0.3, 0.4) is 0 Å². The molecule has 1 aliphatic rings. The summed E-state index contributed by atoms with van der Waals surface area (Å²) >= 11 is 0. The number of fused-ring (bicyclic) bond motifs is 1. The number of hydrogen-bond donors (Lipinski definition) is 1. The molecule has 0 bridgehead atoms. The SMILES string of the molecule is CN=C(NCc1ccc2ccccc2c1)N1CCN(c2ncccn2)CC1. The predicted molar refractivity (Wildman–Crippen MR) is 110 cm³/mol. The molecule has 138 valence electrons. The third-order valence-electron chi connectivity index (χ3n) is 4.89. The van der Waals surface area contributed by atoms with Crippen molar-refractivity contribution in [1.29, 1.82) is 0 Å². The van der Waals surface area contributed by atoms with Crippen molar-refractivity contribution in [2.75, 3.05) is 38.1 Å². The second-order valence-electron chi connectivity index (χ2n) is 6.61. The number of aromatic nitrogens is 2. The van der Waals surface area contributed by atoms with Crippen molar-refractivity contribution in [3.63, 3.8) is 0 Å². The van der Waals surface area contributed by atoms with Gasteiger partial charge in [-0.15, -0.1) is 0 Å². The minimum absolute atomic E-state index is 0.763. The molecule has 0 saturated carbocycles. The molecule has 1 fully saturated rings. The van der Waals surface area contributed by atoms with E-state index in [1.165, 1.54) is 16.3 Å². The van der Waals surface area contributed by atoms with Gasteiger partial charge in [0.2, 0.25) is 5.95 Å². The van der Waals surface area contributed by atoms with Crippen molar-refractivity contribution in [2.45, 2.75) is 6.54 Å². The van der Waals surface area contributed by atoms with E-state index in [1.54, 1.807) is 12.4 Å². The molecular formula is C21H24N6. The molecule has 2 heterocycles. The van der Waals surface area contributed by atoms with Crippen LogP contribution >= 0.6 is 0 Å². The molecule has 0 atom stereocenters. The fourth-order valence-electron chi connectivity index (χ4n) is 3.43. The highest BCUT2D eigenvalue weighted by atomic mass is 15.4. The first-order valence-corrected chi connectivity index (χ1v) is 9.29. The number of rotatable bonds is 3. The summed E-state index contributed by atoms with van der Waals surface area (Å²) in [5.41, 5.74) is 1.26. The molecule has 2 aromatic carbocycles. The van der Waals surface area contributed by atoms with E-state index in [9.17, 15) is 0 Å². The predicted octanol–water partition coefficient (Wildman–Crippen LogP) is 2.53. The third kappa shape index (κ3) is 4.00. The zero-order valence-electron chi connectivity index (χ0n) is 15.5. The van der Waals surface area contributed by atoms with Gasteiger partial charge in [0.05, 0.1) is 0 Å². The van der Waals surface area contributed by atoms with Crippen LogP contribution in [0.2, 0.25) is 0 Å². The molecule has 1 saturated heterocycles. The van der Waals surface area contributed by atoms with Gasteiger partial charge in [0, 0.05) is 52.2 Å². The van der Waals surface area contributed by atoms with E-state index in [1.807, 2.05) is 13.1 Å². The minimum atomic E-state index is 0.763. The fourth-order valence-corrected chi connectivity index (χ4v) is 3.43. The van der Waals surface area contributed by atoms with Crippen LogP contribution in [0.4, 0.5) is 5.95 Å². The molecule has 0 radical (unpaired) electrons. The van der Waals surface area contributed by atoms with Crippen LogP contribution in [0.15, 0.2) is 65.9 Å². The molecule has 4 rings (SSSR count).